The number of ether oxygens (including phenoxy) is 2. The summed E-state index contributed by atoms with van der Waals surface area (Å²) in [5.74, 6) is -0.143. The van der Waals surface area contributed by atoms with Crippen molar-refractivity contribution in [3.05, 3.63) is 81.3 Å². The van der Waals surface area contributed by atoms with Crippen LogP contribution in [0, 0.1) is 5.82 Å². The quantitative estimate of drug-likeness (QED) is 0.521. The molecule has 168 valence electrons. The number of benzene rings is 2. The van der Waals surface area contributed by atoms with Crippen molar-refractivity contribution >= 4 is 27.3 Å². The molecule has 1 aliphatic heterocycles. The molecular weight excluding hydrogens is 455 g/mol. The first-order valence-corrected chi connectivity index (χ1v) is 12.2. The average Bonchev–Trinajstić information content (AvgIpc) is 3.31. The molecule has 0 saturated carbocycles. The zero-order valence-electron chi connectivity index (χ0n) is 17.0. The van der Waals surface area contributed by atoms with Crippen LogP contribution in [0.25, 0.3) is 0 Å². The normalized spacial score (nSPS) is 13.3. The Morgan fingerprint density at radius 3 is 2.72 bits per heavy atom. The van der Waals surface area contributed by atoms with E-state index in [-0.39, 0.29) is 43.1 Å². The molecule has 0 spiro atoms. The van der Waals surface area contributed by atoms with Crippen LogP contribution >= 0.6 is 11.3 Å². The number of carbonyl (C=O) groups is 1. The summed E-state index contributed by atoms with van der Waals surface area (Å²) >= 11 is 1.46. The van der Waals surface area contributed by atoms with Gasteiger partial charge in [0.05, 0.1) is 11.5 Å². The fourth-order valence-corrected chi connectivity index (χ4v) is 5.05. The Balaban J connectivity index is 1.34. The van der Waals surface area contributed by atoms with Crippen molar-refractivity contribution < 1.29 is 27.1 Å². The van der Waals surface area contributed by atoms with Gasteiger partial charge in [-0.3, -0.25) is 4.79 Å². The van der Waals surface area contributed by atoms with Gasteiger partial charge < -0.3 is 14.8 Å². The topological polar surface area (TPSA) is 93.7 Å². The SMILES string of the molecule is O=C(NCCc1cc(F)cc2c1OCOC2)c1ccc(S(=O)(=O)NCc2cccs2)cc1. The van der Waals surface area contributed by atoms with Crippen molar-refractivity contribution in [2.75, 3.05) is 13.3 Å². The van der Waals surface area contributed by atoms with Crippen molar-refractivity contribution in [3.63, 3.8) is 0 Å². The van der Waals surface area contributed by atoms with Crippen LogP contribution in [0.1, 0.15) is 26.4 Å². The first-order chi connectivity index (χ1) is 15.4. The van der Waals surface area contributed by atoms with Crippen LogP contribution < -0.4 is 14.8 Å². The van der Waals surface area contributed by atoms with Crippen LogP contribution in [-0.2, 0) is 34.3 Å². The van der Waals surface area contributed by atoms with E-state index in [2.05, 4.69) is 10.0 Å². The molecular formula is C22H21FN2O5S2. The molecule has 1 aliphatic rings. The Hall–Kier alpha value is -2.79. The molecule has 32 heavy (non-hydrogen) atoms. The molecule has 0 unspecified atom stereocenters. The first kappa shape index (κ1) is 22.4. The number of rotatable bonds is 8. The van der Waals surface area contributed by atoms with E-state index in [0.717, 1.165) is 4.88 Å². The van der Waals surface area contributed by atoms with E-state index in [1.54, 1.807) is 0 Å². The minimum atomic E-state index is -3.68. The van der Waals surface area contributed by atoms with Gasteiger partial charge in [-0.1, -0.05) is 6.07 Å². The molecule has 4 rings (SSSR count). The van der Waals surface area contributed by atoms with Gasteiger partial charge in [-0.05, 0) is 59.8 Å². The summed E-state index contributed by atoms with van der Waals surface area (Å²) in [5.41, 5.74) is 1.62. The van der Waals surface area contributed by atoms with E-state index in [1.165, 1.54) is 47.7 Å². The standard InChI is InChI=1S/C22H21FN2O5S2/c23-18-10-16(21-17(11-18)13-29-14-30-21)7-8-24-22(26)15-3-5-20(6-4-15)32(27,28)25-12-19-2-1-9-31-19/h1-6,9-11,25H,7-8,12-14H2,(H,24,26). The lowest BCUT2D eigenvalue weighted by Gasteiger charge is -2.21. The molecule has 1 amide bonds. The summed E-state index contributed by atoms with van der Waals surface area (Å²) in [5, 5.41) is 4.64. The first-order valence-electron chi connectivity index (χ1n) is 9.84. The van der Waals surface area contributed by atoms with Crippen LogP contribution in [-0.4, -0.2) is 27.7 Å². The number of sulfonamides is 1. The highest BCUT2D eigenvalue weighted by Crippen LogP contribution is 2.29. The number of nitrogens with one attached hydrogen (secondary N) is 2. The summed E-state index contributed by atoms with van der Waals surface area (Å²) in [6.45, 7) is 0.864. The lowest BCUT2D eigenvalue weighted by molar-refractivity contribution is -0.0172. The maximum atomic E-state index is 13.8. The summed E-state index contributed by atoms with van der Waals surface area (Å²) in [6.07, 6.45) is 0.380. The summed E-state index contributed by atoms with van der Waals surface area (Å²) in [4.78, 5) is 13.4. The third-order valence-corrected chi connectivity index (χ3v) is 7.17. The minimum absolute atomic E-state index is 0.0800. The fraction of sp³-hybridized carbons (Fsp3) is 0.227. The average molecular weight is 477 g/mol. The maximum absolute atomic E-state index is 13.8. The zero-order valence-corrected chi connectivity index (χ0v) is 18.6. The molecule has 1 aromatic heterocycles. The Bertz CT molecular complexity index is 1200. The highest BCUT2D eigenvalue weighted by Gasteiger charge is 2.18. The molecule has 0 bridgehead atoms. The maximum Gasteiger partial charge on any atom is 0.251 e. The van der Waals surface area contributed by atoms with Crippen LogP contribution in [0.5, 0.6) is 5.75 Å². The van der Waals surface area contributed by atoms with Crippen molar-refractivity contribution in [3.8, 4) is 5.75 Å². The highest BCUT2D eigenvalue weighted by molar-refractivity contribution is 7.89. The van der Waals surface area contributed by atoms with Crippen LogP contribution in [0.4, 0.5) is 4.39 Å². The van der Waals surface area contributed by atoms with Gasteiger partial charge in [0, 0.05) is 29.1 Å². The number of amides is 1. The third-order valence-electron chi connectivity index (χ3n) is 4.87. The Morgan fingerprint density at radius 1 is 1.16 bits per heavy atom. The van der Waals surface area contributed by atoms with Gasteiger partial charge in [0.2, 0.25) is 10.0 Å². The Labute approximate surface area is 189 Å². The van der Waals surface area contributed by atoms with Gasteiger partial charge >= 0.3 is 0 Å². The zero-order chi connectivity index (χ0) is 22.6. The number of hydrogen-bond acceptors (Lipinski definition) is 6. The molecule has 2 aromatic carbocycles. The largest absolute Gasteiger partial charge is 0.467 e. The van der Waals surface area contributed by atoms with Gasteiger partial charge in [0.25, 0.3) is 5.91 Å². The van der Waals surface area contributed by atoms with Gasteiger partial charge in [0.15, 0.2) is 6.79 Å². The molecule has 3 aromatic rings. The Morgan fingerprint density at radius 2 is 1.97 bits per heavy atom. The van der Waals surface area contributed by atoms with E-state index in [4.69, 9.17) is 9.47 Å². The van der Waals surface area contributed by atoms with E-state index >= 15 is 0 Å². The van der Waals surface area contributed by atoms with Crippen LogP contribution in [0.15, 0.2) is 58.8 Å². The lowest BCUT2D eigenvalue weighted by Crippen LogP contribution is -2.26. The second-order valence-corrected chi connectivity index (χ2v) is 9.90. The minimum Gasteiger partial charge on any atom is -0.467 e. The van der Waals surface area contributed by atoms with E-state index in [1.807, 2.05) is 17.5 Å². The van der Waals surface area contributed by atoms with Crippen LogP contribution in [0.3, 0.4) is 0 Å². The van der Waals surface area contributed by atoms with E-state index < -0.39 is 10.0 Å². The predicted octanol–water partition coefficient (Wildman–Crippen LogP) is 3.20. The van der Waals surface area contributed by atoms with Gasteiger partial charge in [-0.2, -0.15) is 0 Å². The molecule has 0 radical (unpaired) electrons. The molecule has 2 heterocycles. The molecule has 0 atom stereocenters. The summed E-state index contributed by atoms with van der Waals surface area (Å²) < 4.78 is 51.9. The molecule has 7 nitrogen and oxygen atoms in total. The second kappa shape index (κ2) is 9.78. The number of thiophene rings is 1. The Kier molecular flexibility index (Phi) is 6.85. The molecule has 0 fully saturated rings. The number of halogens is 1. The van der Waals surface area contributed by atoms with Crippen molar-refractivity contribution in [1.29, 1.82) is 0 Å². The van der Waals surface area contributed by atoms with Gasteiger partial charge in [0.1, 0.15) is 11.6 Å². The molecule has 2 N–H and O–H groups in total. The van der Waals surface area contributed by atoms with Gasteiger partial charge in [-0.15, -0.1) is 11.3 Å². The van der Waals surface area contributed by atoms with E-state index in [9.17, 15) is 17.6 Å². The van der Waals surface area contributed by atoms with E-state index in [0.29, 0.717) is 28.9 Å². The predicted molar refractivity (Wildman–Crippen MR) is 118 cm³/mol. The second-order valence-electron chi connectivity index (χ2n) is 7.10. The van der Waals surface area contributed by atoms with Crippen molar-refractivity contribution in [1.82, 2.24) is 10.0 Å². The number of hydrogen-bond donors (Lipinski definition) is 2. The van der Waals surface area contributed by atoms with Gasteiger partial charge in [-0.25, -0.2) is 17.5 Å². The van der Waals surface area contributed by atoms with Crippen molar-refractivity contribution in [2.45, 2.75) is 24.5 Å². The molecule has 0 aliphatic carbocycles. The number of carbonyl (C=O) groups excluding carboxylic acids is 1. The van der Waals surface area contributed by atoms with Crippen molar-refractivity contribution in [2.24, 2.45) is 0 Å². The lowest BCUT2D eigenvalue weighted by atomic mass is 10.1. The monoisotopic (exact) mass is 476 g/mol. The highest BCUT2D eigenvalue weighted by atomic mass is 32.2. The third kappa shape index (κ3) is 5.33. The molecule has 0 saturated heterocycles. The smallest absolute Gasteiger partial charge is 0.251 e. The molecule has 10 heteroatoms. The summed E-state index contributed by atoms with van der Waals surface area (Å²) in [6, 6.07) is 12.2. The number of fused-ring (bicyclic) bond motifs is 1. The fourth-order valence-electron chi connectivity index (χ4n) is 3.30. The summed E-state index contributed by atoms with van der Waals surface area (Å²) in [7, 11) is -3.68. The van der Waals surface area contributed by atoms with Crippen LogP contribution in [0.2, 0.25) is 0 Å².